The van der Waals surface area contributed by atoms with E-state index in [4.69, 9.17) is 15.2 Å². The quantitative estimate of drug-likeness (QED) is 0.659. The fraction of sp³-hybridized carbons (Fsp3) is 0.222. The van der Waals surface area contributed by atoms with Crippen molar-refractivity contribution >= 4 is 33.0 Å². The van der Waals surface area contributed by atoms with Crippen LogP contribution >= 0.6 is 11.3 Å². The maximum Gasteiger partial charge on any atom is 0.417 e. The lowest BCUT2D eigenvalue weighted by Gasteiger charge is -2.18. The molecule has 3 heterocycles. The van der Waals surface area contributed by atoms with E-state index in [1.165, 1.54) is 19.1 Å². The summed E-state index contributed by atoms with van der Waals surface area (Å²) in [4.78, 5) is 17.1. The van der Waals surface area contributed by atoms with Gasteiger partial charge in [0.25, 0.3) is 0 Å². The van der Waals surface area contributed by atoms with Gasteiger partial charge in [0.2, 0.25) is 5.78 Å². The lowest BCUT2D eigenvalue weighted by atomic mass is 10.1. The van der Waals surface area contributed by atoms with Gasteiger partial charge in [0.1, 0.15) is 22.9 Å². The molecule has 1 aromatic carbocycles. The highest BCUT2D eigenvalue weighted by Crippen LogP contribution is 2.43. The van der Waals surface area contributed by atoms with Gasteiger partial charge >= 0.3 is 6.18 Å². The van der Waals surface area contributed by atoms with Crippen LogP contribution in [0.4, 0.5) is 18.9 Å². The summed E-state index contributed by atoms with van der Waals surface area (Å²) >= 11 is 0.851. The van der Waals surface area contributed by atoms with Gasteiger partial charge in [-0.1, -0.05) is 0 Å². The summed E-state index contributed by atoms with van der Waals surface area (Å²) in [5.74, 6) is 0.439. The molecule has 0 amide bonds. The number of benzene rings is 1. The number of nitrogens with two attached hydrogens (primary N) is 1. The van der Waals surface area contributed by atoms with Crippen LogP contribution in [-0.2, 0) is 6.18 Å². The molecule has 5 nitrogen and oxygen atoms in total. The maximum absolute atomic E-state index is 13.4. The summed E-state index contributed by atoms with van der Waals surface area (Å²) in [6, 6.07) is 5.56. The molecule has 0 aliphatic carbocycles. The summed E-state index contributed by atoms with van der Waals surface area (Å²) in [6.07, 6.45) is -4.60. The Hall–Kier alpha value is -2.81. The minimum atomic E-state index is -4.60. The monoisotopic (exact) mass is 394 g/mol. The van der Waals surface area contributed by atoms with Crippen LogP contribution in [0.3, 0.4) is 0 Å². The summed E-state index contributed by atoms with van der Waals surface area (Å²) in [7, 11) is 0. The number of carbonyl (C=O) groups excluding carboxylic acids is 1. The second-order valence-corrected chi connectivity index (χ2v) is 7.02. The van der Waals surface area contributed by atoms with Gasteiger partial charge in [-0.3, -0.25) is 4.79 Å². The number of aromatic nitrogens is 1. The third-order valence-corrected chi connectivity index (χ3v) is 5.24. The van der Waals surface area contributed by atoms with Crippen LogP contribution in [-0.4, -0.2) is 24.0 Å². The van der Waals surface area contributed by atoms with Gasteiger partial charge in [-0.2, -0.15) is 13.2 Å². The largest absolute Gasteiger partial charge is 0.486 e. The fourth-order valence-electron chi connectivity index (χ4n) is 2.95. The first-order valence-electron chi connectivity index (χ1n) is 7.97. The lowest BCUT2D eigenvalue weighted by molar-refractivity contribution is -0.136. The van der Waals surface area contributed by atoms with E-state index in [2.05, 4.69) is 4.98 Å². The van der Waals surface area contributed by atoms with Gasteiger partial charge in [0.15, 0.2) is 11.5 Å². The van der Waals surface area contributed by atoms with Gasteiger partial charge in [-0.05, 0) is 31.2 Å². The predicted molar refractivity (Wildman–Crippen MR) is 94.6 cm³/mol. The molecule has 1 aliphatic rings. The second-order valence-electron chi connectivity index (χ2n) is 6.02. The smallest absolute Gasteiger partial charge is 0.417 e. The molecule has 2 aromatic heterocycles. The Kier molecular flexibility index (Phi) is 3.99. The minimum absolute atomic E-state index is 0.0188. The molecule has 9 heteroatoms. The first-order valence-corrected chi connectivity index (χ1v) is 8.78. The number of thiophene rings is 1. The maximum atomic E-state index is 13.4. The van der Waals surface area contributed by atoms with Crippen LogP contribution in [0.15, 0.2) is 24.3 Å². The van der Waals surface area contributed by atoms with Crippen molar-refractivity contribution in [2.45, 2.75) is 13.1 Å². The zero-order valence-corrected chi connectivity index (χ0v) is 14.8. The highest BCUT2D eigenvalue weighted by atomic mass is 32.1. The summed E-state index contributed by atoms with van der Waals surface area (Å²) < 4.78 is 51.1. The zero-order valence-electron chi connectivity index (χ0n) is 14.0. The van der Waals surface area contributed by atoms with Crippen molar-refractivity contribution in [3.05, 3.63) is 46.0 Å². The molecule has 0 atom stereocenters. The number of rotatable bonds is 2. The molecule has 0 fully saturated rings. The van der Waals surface area contributed by atoms with Crippen LogP contribution < -0.4 is 15.2 Å². The number of halogens is 3. The Morgan fingerprint density at radius 3 is 2.59 bits per heavy atom. The first kappa shape index (κ1) is 17.6. The summed E-state index contributed by atoms with van der Waals surface area (Å²) in [5.41, 5.74) is 5.31. The number of pyridine rings is 1. The Bertz CT molecular complexity index is 1080. The van der Waals surface area contributed by atoms with Crippen molar-refractivity contribution in [1.29, 1.82) is 0 Å². The Morgan fingerprint density at radius 2 is 1.89 bits per heavy atom. The van der Waals surface area contributed by atoms with Crippen molar-refractivity contribution in [1.82, 2.24) is 4.98 Å². The van der Waals surface area contributed by atoms with E-state index in [1.54, 1.807) is 6.07 Å². The van der Waals surface area contributed by atoms with Crippen molar-refractivity contribution in [2.24, 2.45) is 0 Å². The second kappa shape index (κ2) is 6.12. The zero-order chi connectivity index (χ0) is 19.3. The number of aryl methyl sites for hydroxylation is 1. The van der Waals surface area contributed by atoms with E-state index in [1.807, 2.05) is 0 Å². The third kappa shape index (κ3) is 2.97. The molecule has 140 valence electrons. The number of fused-ring (bicyclic) bond motifs is 2. The topological polar surface area (TPSA) is 74.4 Å². The van der Waals surface area contributed by atoms with E-state index in [0.29, 0.717) is 24.7 Å². The van der Waals surface area contributed by atoms with Crippen LogP contribution in [0.5, 0.6) is 11.5 Å². The standard InChI is InChI=1S/C18H13F3N2O3S/c1-8-6-10(18(19,20)21)13-14(22)16(27-17(13)23-8)15(24)9-2-3-11-12(7-9)26-5-4-25-11/h2-3,6-7H,4-5,22H2,1H3. The highest BCUT2D eigenvalue weighted by molar-refractivity contribution is 7.21. The van der Waals surface area contributed by atoms with Crippen LogP contribution in [0.25, 0.3) is 10.2 Å². The average Bonchev–Trinajstić information content (AvgIpc) is 2.95. The third-order valence-electron chi connectivity index (χ3n) is 4.14. The van der Waals surface area contributed by atoms with E-state index < -0.39 is 17.5 Å². The average molecular weight is 394 g/mol. The molecule has 0 bridgehead atoms. The number of ether oxygens (including phenoxy) is 2. The molecule has 4 rings (SSSR count). The molecule has 0 unspecified atom stereocenters. The first-order chi connectivity index (χ1) is 12.8. The van der Waals surface area contributed by atoms with Crippen LogP contribution in [0, 0.1) is 6.92 Å². The predicted octanol–water partition coefficient (Wildman–Crippen LogP) is 4.21. The van der Waals surface area contributed by atoms with E-state index in [-0.39, 0.29) is 32.0 Å². The van der Waals surface area contributed by atoms with Crippen LogP contribution in [0.1, 0.15) is 26.5 Å². The Morgan fingerprint density at radius 1 is 1.19 bits per heavy atom. The molecule has 27 heavy (non-hydrogen) atoms. The van der Waals surface area contributed by atoms with Crippen molar-refractivity contribution in [2.75, 3.05) is 18.9 Å². The van der Waals surface area contributed by atoms with Crippen molar-refractivity contribution < 1.29 is 27.4 Å². The SMILES string of the molecule is Cc1cc(C(F)(F)F)c2c(N)c(C(=O)c3ccc4c(c3)OCCO4)sc2n1. The highest BCUT2D eigenvalue weighted by Gasteiger charge is 2.36. The van der Waals surface area contributed by atoms with Gasteiger partial charge in [-0.25, -0.2) is 4.98 Å². The lowest BCUT2D eigenvalue weighted by Crippen LogP contribution is -2.16. The molecule has 0 saturated carbocycles. The van der Waals surface area contributed by atoms with Gasteiger partial charge in [0.05, 0.1) is 11.3 Å². The molecule has 1 aliphatic heterocycles. The molecule has 2 N–H and O–H groups in total. The number of nitrogens with zero attached hydrogens (tertiary/aromatic N) is 1. The minimum Gasteiger partial charge on any atom is -0.486 e. The fourth-order valence-corrected chi connectivity index (χ4v) is 4.08. The molecular weight excluding hydrogens is 381 g/mol. The van der Waals surface area contributed by atoms with Gasteiger partial charge in [0, 0.05) is 16.6 Å². The van der Waals surface area contributed by atoms with Gasteiger partial charge < -0.3 is 15.2 Å². The van der Waals surface area contributed by atoms with Crippen molar-refractivity contribution in [3.8, 4) is 11.5 Å². The van der Waals surface area contributed by atoms with E-state index >= 15 is 0 Å². The van der Waals surface area contributed by atoms with Crippen molar-refractivity contribution in [3.63, 3.8) is 0 Å². The number of ketones is 1. The number of nitrogen functional groups attached to an aromatic ring is 1. The Balaban J connectivity index is 1.85. The normalized spacial score (nSPS) is 13.8. The Labute approximate surface area is 155 Å². The number of hydrogen-bond acceptors (Lipinski definition) is 6. The molecule has 0 spiro atoms. The van der Waals surface area contributed by atoms with Crippen LogP contribution in [0.2, 0.25) is 0 Å². The molecule has 0 radical (unpaired) electrons. The number of alkyl halides is 3. The number of anilines is 1. The summed E-state index contributed by atoms with van der Waals surface area (Å²) in [5, 5.41) is -0.237. The number of hydrogen-bond donors (Lipinski definition) is 1. The molecule has 3 aromatic rings. The molecular formula is C18H13F3N2O3S. The number of carbonyl (C=O) groups is 1. The summed E-state index contributed by atoms with van der Waals surface area (Å²) in [6.45, 7) is 2.23. The van der Waals surface area contributed by atoms with E-state index in [0.717, 1.165) is 17.4 Å². The molecule has 0 saturated heterocycles. The van der Waals surface area contributed by atoms with Gasteiger partial charge in [-0.15, -0.1) is 11.3 Å². The van der Waals surface area contributed by atoms with E-state index in [9.17, 15) is 18.0 Å².